The van der Waals surface area contributed by atoms with Crippen molar-refractivity contribution in [2.24, 2.45) is 0 Å². The maximum atomic E-state index is 11.8. The standard InChI is InChI=1S/C13H16N2O4/c1-2-19-10-5-3-9(4-6-10)15-8-11(13(17)18)14-7-12(15)16/h3-6,11,14H,2,7-8H2,1H3,(H,17,18). The summed E-state index contributed by atoms with van der Waals surface area (Å²) < 4.78 is 5.32. The minimum absolute atomic E-state index is 0.0319. The van der Waals surface area contributed by atoms with Crippen molar-refractivity contribution in [2.75, 3.05) is 24.6 Å². The first-order chi connectivity index (χ1) is 9.11. The Morgan fingerprint density at radius 2 is 2.16 bits per heavy atom. The van der Waals surface area contributed by atoms with Gasteiger partial charge in [0.25, 0.3) is 0 Å². The van der Waals surface area contributed by atoms with E-state index in [1.165, 1.54) is 4.90 Å². The number of anilines is 1. The summed E-state index contributed by atoms with van der Waals surface area (Å²) in [5.41, 5.74) is 0.682. The summed E-state index contributed by atoms with van der Waals surface area (Å²) in [6.07, 6.45) is 0. The molecule has 1 amide bonds. The van der Waals surface area contributed by atoms with Crippen LogP contribution < -0.4 is 15.0 Å². The zero-order chi connectivity index (χ0) is 13.8. The Morgan fingerprint density at radius 1 is 1.47 bits per heavy atom. The lowest BCUT2D eigenvalue weighted by atomic mass is 10.1. The summed E-state index contributed by atoms with van der Waals surface area (Å²) in [4.78, 5) is 24.2. The number of carbonyl (C=O) groups excluding carboxylic acids is 1. The number of hydrogen-bond donors (Lipinski definition) is 2. The molecule has 0 bridgehead atoms. The largest absolute Gasteiger partial charge is 0.494 e. The second-order valence-corrected chi connectivity index (χ2v) is 4.20. The lowest BCUT2D eigenvalue weighted by molar-refractivity contribution is -0.139. The number of benzene rings is 1. The highest BCUT2D eigenvalue weighted by Crippen LogP contribution is 2.21. The number of hydrogen-bond acceptors (Lipinski definition) is 4. The van der Waals surface area contributed by atoms with Crippen molar-refractivity contribution in [1.82, 2.24) is 5.32 Å². The summed E-state index contributed by atoms with van der Waals surface area (Å²) in [5.74, 6) is -0.367. The van der Waals surface area contributed by atoms with E-state index in [1.807, 2.05) is 6.92 Å². The molecule has 1 saturated heterocycles. The highest BCUT2D eigenvalue weighted by molar-refractivity contribution is 5.97. The second-order valence-electron chi connectivity index (χ2n) is 4.20. The molecule has 0 saturated carbocycles. The molecule has 1 aromatic rings. The third-order valence-electron chi connectivity index (χ3n) is 2.92. The molecular weight excluding hydrogens is 248 g/mol. The van der Waals surface area contributed by atoms with Gasteiger partial charge in [0.05, 0.1) is 19.7 Å². The van der Waals surface area contributed by atoms with Crippen LogP contribution in [0.2, 0.25) is 0 Å². The molecule has 1 fully saturated rings. The predicted octanol–water partition coefficient (Wildman–Crippen LogP) is 0.475. The lowest BCUT2D eigenvalue weighted by Gasteiger charge is -2.31. The number of aliphatic carboxylic acids is 1. The Labute approximate surface area is 111 Å². The van der Waals surface area contributed by atoms with Gasteiger partial charge < -0.3 is 14.7 Å². The van der Waals surface area contributed by atoms with Crippen LogP contribution in [0, 0.1) is 0 Å². The van der Waals surface area contributed by atoms with Gasteiger partial charge >= 0.3 is 5.97 Å². The fourth-order valence-corrected chi connectivity index (χ4v) is 1.96. The molecule has 1 unspecified atom stereocenters. The Kier molecular flexibility index (Phi) is 4.01. The summed E-state index contributed by atoms with van der Waals surface area (Å²) in [7, 11) is 0. The van der Waals surface area contributed by atoms with Crippen LogP contribution in [-0.2, 0) is 9.59 Å². The summed E-state index contributed by atoms with van der Waals surface area (Å²) >= 11 is 0. The van der Waals surface area contributed by atoms with Crippen molar-refractivity contribution in [2.45, 2.75) is 13.0 Å². The van der Waals surface area contributed by atoms with E-state index < -0.39 is 12.0 Å². The second kappa shape index (κ2) is 5.71. The van der Waals surface area contributed by atoms with Gasteiger partial charge in [0, 0.05) is 5.69 Å². The molecule has 6 nitrogen and oxygen atoms in total. The number of piperazine rings is 1. The molecule has 102 valence electrons. The van der Waals surface area contributed by atoms with Crippen molar-refractivity contribution < 1.29 is 19.4 Å². The van der Waals surface area contributed by atoms with Crippen LogP contribution in [0.3, 0.4) is 0 Å². The van der Waals surface area contributed by atoms with Crippen LogP contribution in [0.15, 0.2) is 24.3 Å². The maximum absolute atomic E-state index is 11.8. The number of nitrogens with one attached hydrogen (secondary N) is 1. The van der Waals surface area contributed by atoms with Gasteiger partial charge in [0.2, 0.25) is 5.91 Å². The number of carboxylic acids is 1. The molecule has 1 aliphatic rings. The number of carbonyl (C=O) groups is 2. The summed E-state index contributed by atoms with van der Waals surface area (Å²) in [6.45, 7) is 2.63. The first kappa shape index (κ1) is 13.4. The van der Waals surface area contributed by atoms with E-state index in [1.54, 1.807) is 24.3 Å². The Balaban J connectivity index is 2.14. The molecule has 1 aromatic carbocycles. The first-order valence-electron chi connectivity index (χ1n) is 6.11. The van der Waals surface area contributed by atoms with E-state index in [2.05, 4.69) is 5.32 Å². The fourth-order valence-electron chi connectivity index (χ4n) is 1.96. The smallest absolute Gasteiger partial charge is 0.322 e. The van der Waals surface area contributed by atoms with Crippen molar-refractivity contribution >= 4 is 17.6 Å². The average Bonchev–Trinajstić information content (AvgIpc) is 2.40. The summed E-state index contributed by atoms with van der Waals surface area (Å²) in [6, 6.07) is 6.32. The molecule has 1 atom stereocenters. The normalized spacial score (nSPS) is 19.3. The third kappa shape index (κ3) is 3.03. The number of nitrogens with zero attached hydrogens (tertiary/aromatic N) is 1. The highest BCUT2D eigenvalue weighted by Gasteiger charge is 2.30. The fraction of sp³-hybridized carbons (Fsp3) is 0.385. The Bertz CT molecular complexity index is 472. The maximum Gasteiger partial charge on any atom is 0.322 e. The molecule has 1 heterocycles. The van der Waals surface area contributed by atoms with Crippen molar-refractivity contribution in [3.8, 4) is 5.75 Å². The van der Waals surface area contributed by atoms with Gasteiger partial charge in [-0.15, -0.1) is 0 Å². The monoisotopic (exact) mass is 264 g/mol. The molecular formula is C13H16N2O4. The topological polar surface area (TPSA) is 78.9 Å². The molecule has 0 spiro atoms. The van der Waals surface area contributed by atoms with E-state index in [0.29, 0.717) is 12.3 Å². The first-order valence-corrected chi connectivity index (χ1v) is 6.11. The minimum Gasteiger partial charge on any atom is -0.494 e. The van der Waals surface area contributed by atoms with E-state index >= 15 is 0 Å². The lowest BCUT2D eigenvalue weighted by Crippen LogP contribution is -2.57. The number of ether oxygens (including phenoxy) is 1. The minimum atomic E-state index is -0.955. The van der Waals surface area contributed by atoms with Gasteiger partial charge in [-0.2, -0.15) is 0 Å². The van der Waals surface area contributed by atoms with Crippen LogP contribution in [0.5, 0.6) is 5.75 Å². The van der Waals surface area contributed by atoms with Crippen molar-refractivity contribution in [1.29, 1.82) is 0 Å². The zero-order valence-electron chi connectivity index (χ0n) is 10.6. The summed E-state index contributed by atoms with van der Waals surface area (Å²) in [5, 5.41) is 11.7. The number of rotatable bonds is 4. The van der Waals surface area contributed by atoms with Gasteiger partial charge in [-0.3, -0.25) is 14.9 Å². The van der Waals surface area contributed by atoms with Gasteiger partial charge in [-0.05, 0) is 31.2 Å². The number of amides is 1. The molecule has 1 aliphatic heterocycles. The van der Waals surface area contributed by atoms with Crippen molar-refractivity contribution in [3.63, 3.8) is 0 Å². The highest BCUT2D eigenvalue weighted by atomic mass is 16.5. The number of carboxylic acid groups (broad SMARTS) is 1. The predicted molar refractivity (Wildman–Crippen MR) is 69.4 cm³/mol. The molecule has 0 aliphatic carbocycles. The van der Waals surface area contributed by atoms with Gasteiger partial charge in [0.1, 0.15) is 11.8 Å². The van der Waals surface area contributed by atoms with Crippen LogP contribution in [-0.4, -0.2) is 42.7 Å². The quantitative estimate of drug-likeness (QED) is 0.826. The molecule has 0 aromatic heterocycles. The van der Waals surface area contributed by atoms with Crippen LogP contribution >= 0.6 is 0 Å². The third-order valence-corrected chi connectivity index (χ3v) is 2.92. The molecule has 19 heavy (non-hydrogen) atoms. The van der Waals surface area contributed by atoms with Gasteiger partial charge in [0.15, 0.2) is 0 Å². The van der Waals surface area contributed by atoms with Crippen LogP contribution in [0.4, 0.5) is 5.69 Å². The van der Waals surface area contributed by atoms with Crippen LogP contribution in [0.1, 0.15) is 6.92 Å². The molecule has 2 N–H and O–H groups in total. The Hall–Kier alpha value is -2.08. The molecule has 6 heteroatoms. The SMILES string of the molecule is CCOc1ccc(N2CC(C(=O)O)NCC2=O)cc1. The van der Waals surface area contributed by atoms with Crippen LogP contribution in [0.25, 0.3) is 0 Å². The zero-order valence-corrected chi connectivity index (χ0v) is 10.6. The van der Waals surface area contributed by atoms with E-state index in [0.717, 1.165) is 5.75 Å². The van der Waals surface area contributed by atoms with Gasteiger partial charge in [-0.1, -0.05) is 0 Å². The Morgan fingerprint density at radius 3 is 2.74 bits per heavy atom. The average molecular weight is 264 g/mol. The van der Waals surface area contributed by atoms with E-state index in [-0.39, 0.29) is 19.0 Å². The van der Waals surface area contributed by atoms with Gasteiger partial charge in [-0.25, -0.2) is 0 Å². The van der Waals surface area contributed by atoms with E-state index in [4.69, 9.17) is 9.84 Å². The van der Waals surface area contributed by atoms with Crippen molar-refractivity contribution in [3.05, 3.63) is 24.3 Å². The molecule has 0 radical (unpaired) electrons. The van der Waals surface area contributed by atoms with E-state index in [9.17, 15) is 9.59 Å². The molecule has 2 rings (SSSR count).